The number of carbonyl (C=O) groups is 1. The van der Waals surface area contributed by atoms with Crippen molar-refractivity contribution in [1.29, 1.82) is 0 Å². The van der Waals surface area contributed by atoms with E-state index in [1.807, 2.05) is 11.0 Å². The molecule has 0 atom stereocenters. The van der Waals surface area contributed by atoms with Crippen LogP contribution in [0.15, 0.2) is 24.4 Å². The van der Waals surface area contributed by atoms with Crippen molar-refractivity contribution in [3.8, 4) is 0 Å². The van der Waals surface area contributed by atoms with E-state index in [9.17, 15) is 9.82 Å². The zero-order valence-corrected chi connectivity index (χ0v) is 12.1. The number of amides is 1. The van der Waals surface area contributed by atoms with Crippen molar-refractivity contribution in [2.24, 2.45) is 0 Å². The van der Waals surface area contributed by atoms with Crippen molar-refractivity contribution >= 4 is 18.5 Å². The summed E-state index contributed by atoms with van der Waals surface area (Å²) in [6.07, 6.45) is 3.64. The Hall–Kier alpha value is -2.12. The third kappa shape index (κ3) is 2.22. The Morgan fingerprint density at radius 2 is 2.32 bits per heavy atom. The van der Waals surface area contributed by atoms with Crippen molar-refractivity contribution in [3.05, 3.63) is 46.8 Å². The average Bonchev–Trinajstić information content (AvgIpc) is 3.07. The Balaban J connectivity index is 1.59. The van der Waals surface area contributed by atoms with Gasteiger partial charge in [0.1, 0.15) is 0 Å². The van der Waals surface area contributed by atoms with Crippen molar-refractivity contribution in [2.45, 2.75) is 26.0 Å². The van der Waals surface area contributed by atoms with Crippen molar-refractivity contribution in [2.75, 3.05) is 6.54 Å². The van der Waals surface area contributed by atoms with Crippen LogP contribution in [0.2, 0.25) is 0 Å². The summed E-state index contributed by atoms with van der Waals surface area (Å²) in [7, 11) is -0.870. The second kappa shape index (κ2) is 5.26. The van der Waals surface area contributed by atoms with E-state index >= 15 is 0 Å². The van der Waals surface area contributed by atoms with Gasteiger partial charge >= 0.3 is 7.12 Å². The summed E-state index contributed by atoms with van der Waals surface area (Å²) in [6.45, 7) is 1.67. The summed E-state index contributed by atoms with van der Waals surface area (Å²) >= 11 is 0. The molecule has 112 valence electrons. The van der Waals surface area contributed by atoms with Gasteiger partial charge < -0.3 is 14.6 Å². The predicted octanol–water partition coefficient (Wildman–Crippen LogP) is 0.216. The van der Waals surface area contributed by atoms with Gasteiger partial charge in [-0.15, -0.1) is 0 Å². The van der Waals surface area contributed by atoms with Gasteiger partial charge in [0.05, 0.1) is 12.8 Å². The summed E-state index contributed by atoms with van der Waals surface area (Å²) in [5.41, 5.74) is 4.50. The first-order valence-electron chi connectivity index (χ1n) is 7.45. The number of nitrogens with zero attached hydrogens (tertiary/aromatic N) is 2. The van der Waals surface area contributed by atoms with Gasteiger partial charge in [0.25, 0.3) is 5.91 Å². The van der Waals surface area contributed by atoms with E-state index in [2.05, 4.69) is 10.2 Å². The molecule has 0 saturated carbocycles. The van der Waals surface area contributed by atoms with Crippen LogP contribution in [0.3, 0.4) is 0 Å². The topological polar surface area (TPSA) is 78.5 Å². The molecule has 6 nitrogen and oxygen atoms in total. The van der Waals surface area contributed by atoms with E-state index < -0.39 is 7.12 Å². The molecule has 0 saturated heterocycles. The van der Waals surface area contributed by atoms with Crippen molar-refractivity contribution in [3.63, 3.8) is 0 Å². The normalized spacial score (nSPS) is 17.1. The van der Waals surface area contributed by atoms with Gasteiger partial charge in [0.15, 0.2) is 0 Å². The zero-order valence-electron chi connectivity index (χ0n) is 12.1. The van der Waals surface area contributed by atoms with E-state index in [1.165, 1.54) is 0 Å². The van der Waals surface area contributed by atoms with Crippen LogP contribution in [0.5, 0.6) is 0 Å². The molecule has 0 radical (unpaired) electrons. The van der Waals surface area contributed by atoms with Crippen LogP contribution in [-0.4, -0.2) is 39.7 Å². The second-order valence-corrected chi connectivity index (χ2v) is 5.78. The summed E-state index contributed by atoms with van der Waals surface area (Å²) in [6, 6.07) is 5.37. The molecule has 0 aliphatic carbocycles. The molecule has 7 heteroatoms. The van der Waals surface area contributed by atoms with E-state index in [0.29, 0.717) is 18.7 Å². The molecular formula is C15H16BN3O3. The molecule has 22 heavy (non-hydrogen) atoms. The summed E-state index contributed by atoms with van der Waals surface area (Å²) < 4.78 is 5.18. The molecule has 2 N–H and O–H groups in total. The maximum Gasteiger partial charge on any atom is 0.491 e. The first-order chi connectivity index (χ1) is 10.7. The lowest BCUT2D eigenvalue weighted by Gasteiger charge is -2.20. The smallest absolute Gasteiger partial charge is 0.423 e. The molecule has 1 amide bonds. The van der Waals surface area contributed by atoms with Crippen molar-refractivity contribution < 1.29 is 14.5 Å². The number of H-pyrrole nitrogens is 1. The SMILES string of the molecule is O=C(c1ccc2c(c1)COB2O)N1CCCc2[nH]ncc2C1. The summed E-state index contributed by atoms with van der Waals surface area (Å²) in [5, 5.41) is 16.7. The molecule has 0 bridgehead atoms. The Bertz CT molecular complexity index is 731. The minimum absolute atomic E-state index is 0.0123. The molecule has 3 heterocycles. The van der Waals surface area contributed by atoms with Gasteiger partial charge in [-0.3, -0.25) is 9.89 Å². The van der Waals surface area contributed by atoms with E-state index in [0.717, 1.165) is 41.7 Å². The van der Waals surface area contributed by atoms with Crippen LogP contribution in [-0.2, 0) is 24.2 Å². The maximum absolute atomic E-state index is 12.8. The molecule has 4 rings (SSSR count). The quantitative estimate of drug-likeness (QED) is 0.738. The lowest BCUT2D eigenvalue weighted by molar-refractivity contribution is 0.0745. The predicted molar refractivity (Wildman–Crippen MR) is 80.5 cm³/mol. The van der Waals surface area contributed by atoms with Crippen LogP contribution >= 0.6 is 0 Å². The molecule has 2 aromatic rings. The molecule has 1 aromatic carbocycles. The average molecular weight is 297 g/mol. The Labute approximate surface area is 128 Å². The van der Waals surface area contributed by atoms with Gasteiger partial charge in [0, 0.05) is 29.9 Å². The Morgan fingerprint density at radius 1 is 1.41 bits per heavy atom. The monoisotopic (exact) mass is 297 g/mol. The fraction of sp³-hybridized carbons (Fsp3) is 0.333. The zero-order chi connectivity index (χ0) is 15.1. The third-order valence-electron chi connectivity index (χ3n) is 4.36. The van der Waals surface area contributed by atoms with Gasteiger partial charge in [0.2, 0.25) is 0 Å². The van der Waals surface area contributed by atoms with Crippen LogP contribution in [0.4, 0.5) is 0 Å². The fourth-order valence-electron chi connectivity index (χ4n) is 3.14. The number of fused-ring (bicyclic) bond motifs is 2. The minimum atomic E-state index is -0.870. The number of hydrogen-bond donors (Lipinski definition) is 2. The van der Waals surface area contributed by atoms with Crippen LogP contribution in [0.1, 0.15) is 33.6 Å². The maximum atomic E-state index is 12.8. The lowest BCUT2D eigenvalue weighted by Crippen LogP contribution is -2.32. The van der Waals surface area contributed by atoms with Crippen LogP contribution < -0.4 is 5.46 Å². The highest BCUT2D eigenvalue weighted by Crippen LogP contribution is 2.19. The van der Waals surface area contributed by atoms with Crippen LogP contribution in [0, 0.1) is 0 Å². The van der Waals surface area contributed by atoms with Crippen molar-refractivity contribution in [1.82, 2.24) is 15.1 Å². The Kier molecular flexibility index (Phi) is 3.24. The number of hydrogen-bond acceptors (Lipinski definition) is 4. The molecule has 2 aliphatic heterocycles. The lowest BCUT2D eigenvalue weighted by atomic mass is 9.79. The minimum Gasteiger partial charge on any atom is -0.423 e. The Morgan fingerprint density at radius 3 is 3.23 bits per heavy atom. The largest absolute Gasteiger partial charge is 0.491 e. The molecule has 0 fully saturated rings. The summed E-state index contributed by atoms with van der Waals surface area (Å²) in [5.74, 6) is 0.0123. The van der Waals surface area contributed by atoms with E-state index in [4.69, 9.17) is 4.65 Å². The van der Waals surface area contributed by atoms with E-state index in [1.54, 1.807) is 18.3 Å². The third-order valence-corrected chi connectivity index (χ3v) is 4.36. The fourth-order valence-corrected chi connectivity index (χ4v) is 3.14. The number of carbonyl (C=O) groups excluding carboxylic acids is 1. The number of aromatic nitrogens is 2. The van der Waals surface area contributed by atoms with Gasteiger partial charge in [-0.05, 0) is 36.0 Å². The van der Waals surface area contributed by atoms with Gasteiger partial charge in [-0.2, -0.15) is 5.10 Å². The number of aromatic amines is 1. The van der Waals surface area contributed by atoms with Gasteiger partial charge in [-0.1, -0.05) is 6.07 Å². The molecule has 0 unspecified atom stereocenters. The summed E-state index contributed by atoms with van der Waals surface area (Å²) in [4.78, 5) is 14.6. The molecule has 0 spiro atoms. The van der Waals surface area contributed by atoms with Gasteiger partial charge in [-0.25, -0.2) is 0 Å². The van der Waals surface area contributed by atoms with E-state index in [-0.39, 0.29) is 5.91 Å². The van der Waals surface area contributed by atoms with Crippen LogP contribution in [0.25, 0.3) is 0 Å². The first-order valence-corrected chi connectivity index (χ1v) is 7.45. The first kappa shape index (κ1) is 13.5. The molecule has 1 aromatic heterocycles. The molecular weight excluding hydrogens is 281 g/mol. The number of rotatable bonds is 1. The highest BCUT2D eigenvalue weighted by molar-refractivity contribution is 6.61. The number of nitrogens with one attached hydrogen (secondary N) is 1. The highest BCUT2D eigenvalue weighted by atomic mass is 16.5. The number of aryl methyl sites for hydroxylation is 1. The second-order valence-electron chi connectivity index (χ2n) is 5.78. The number of benzene rings is 1. The standard InChI is InChI=1S/C15H16BN3O3/c20-15(10-3-4-13-11(6-10)9-22-16(13)21)19-5-1-2-14-12(8-19)7-17-18-14/h3-4,6-7,21H,1-2,5,8-9H2,(H,17,18). The highest BCUT2D eigenvalue weighted by Gasteiger charge is 2.29. The molecule has 2 aliphatic rings.